The quantitative estimate of drug-likeness (QED) is 0.702. The summed E-state index contributed by atoms with van der Waals surface area (Å²) in [4.78, 5) is 25.0. The van der Waals surface area contributed by atoms with Gasteiger partial charge in [-0.1, -0.05) is 6.92 Å². The molecule has 1 saturated carbocycles. The van der Waals surface area contributed by atoms with E-state index in [2.05, 4.69) is 5.32 Å². The number of β-amino-alcohol motifs (C(OH)–C–C–N with tert-alkyl or cyclic N) is 1. The highest BCUT2D eigenvalue weighted by molar-refractivity contribution is 5.86. The molecule has 1 aliphatic heterocycles. The number of hydrogen-bond donors (Lipinski definition) is 3. The molecule has 2 aliphatic rings. The number of carboxylic acids is 1. The molecule has 0 aromatic rings. The van der Waals surface area contributed by atoms with Gasteiger partial charge in [0.15, 0.2) is 0 Å². The van der Waals surface area contributed by atoms with E-state index in [1.165, 1.54) is 4.90 Å². The smallest absolute Gasteiger partial charge is 0.329 e. The highest BCUT2D eigenvalue weighted by Crippen LogP contribution is 2.39. The molecular formula is C13H22N2O4. The monoisotopic (exact) mass is 270 g/mol. The van der Waals surface area contributed by atoms with Gasteiger partial charge in [0.2, 0.25) is 0 Å². The summed E-state index contributed by atoms with van der Waals surface area (Å²) in [5.41, 5.74) is -1.19. The lowest BCUT2D eigenvalue weighted by Crippen LogP contribution is -2.59. The average Bonchev–Trinajstić information content (AvgIpc) is 3.16. The zero-order valence-electron chi connectivity index (χ0n) is 11.4. The predicted molar refractivity (Wildman–Crippen MR) is 68.7 cm³/mol. The van der Waals surface area contributed by atoms with E-state index in [0.29, 0.717) is 6.54 Å². The van der Waals surface area contributed by atoms with Crippen molar-refractivity contribution in [1.29, 1.82) is 0 Å². The van der Waals surface area contributed by atoms with Crippen molar-refractivity contribution in [2.75, 3.05) is 13.1 Å². The van der Waals surface area contributed by atoms with Crippen LogP contribution in [0.3, 0.4) is 0 Å². The van der Waals surface area contributed by atoms with Crippen molar-refractivity contribution >= 4 is 12.0 Å². The molecule has 3 atom stereocenters. The maximum Gasteiger partial charge on any atom is 0.329 e. The molecule has 1 saturated heterocycles. The van der Waals surface area contributed by atoms with Crippen molar-refractivity contribution in [3.8, 4) is 0 Å². The second-order valence-electron chi connectivity index (χ2n) is 5.99. The summed E-state index contributed by atoms with van der Waals surface area (Å²) < 4.78 is 0. The highest BCUT2D eigenvalue weighted by atomic mass is 16.4. The van der Waals surface area contributed by atoms with Crippen LogP contribution in [0.5, 0.6) is 0 Å². The number of aliphatic hydroxyl groups is 1. The Morgan fingerprint density at radius 2 is 1.95 bits per heavy atom. The summed E-state index contributed by atoms with van der Waals surface area (Å²) in [5.74, 6) is -0.796. The third-order valence-corrected chi connectivity index (χ3v) is 4.41. The van der Waals surface area contributed by atoms with Crippen LogP contribution < -0.4 is 5.32 Å². The number of urea groups is 1. The van der Waals surface area contributed by atoms with E-state index in [1.54, 1.807) is 6.92 Å². The number of aliphatic hydroxyl groups excluding tert-OH is 1. The molecule has 3 N–H and O–H groups in total. The molecule has 0 bridgehead atoms. The molecule has 0 aromatic carbocycles. The second kappa shape index (κ2) is 5.00. The molecule has 2 rings (SSSR count). The lowest BCUT2D eigenvalue weighted by Gasteiger charge is -2.36. The molecule has 6 heteroatoms. The fourth-order valence-electron chi connectivity index (χ4n) is 2.53. The third kappa shape index (κ3) is 2.83. The summed E-state index contributed by atoms with van der Waals surface area (Å²) in [6.45, 7) is 4.34. The van der Waals surface area contributed by atoms with Crippen molar-refractivity contribution in [1.82, 2.24) is 10.2 Å². The highest BCUT2D eigenvalue weighted by Gasteiger charge is 2.49. The van der Waals surface area contributed by atoms with Gasteiger partial charge in [0.25, 0.3) is 0 Å². The fourth-order valence-corrected chi connectivity index (χ4v) is 2.53. The number of piperidine rings is 1. The van der Waals surface area contributed by atoms with Gasteiger partial charge in [-0.25, -0.2) is 9.59 Å². The zero-order valence-corrected chi connectivity index (χ0v) is 11.4. The molecule has 3 unspecified atom stereocenters. The van der Waals surface area contributed by atoms with E-state index in [4.69, 9.17) is 0 Å². The standard InChI is InChI=1S/C13H22N2O4/c1-8-5-6-15(7-10(8)16)12(19)14-13(2,11(17)18)9-3-4-9/h8-10,16H,3-7H2,1-2H3,(H,14,19)(H,17,18). The predicted octanol–water partition coefficient (Wildman–Crippen LogP) is 0.652. The largest absolute Gasteiger partial charge is 0.480 e. The first-order chi connectivity index (χ1) is 8.84. The second-order valence-corrected chi connectivity index (χ2v) is 5.99. The Labute approximate surface area is 112 Å². The first-order valence-electron chi connectivity index (χ1n) is 6.83. The van der Waals surface area contributed by atoms with Gasteiger partial charge in [-0.3, -0.25) is 0 Å². The number of aliphatic carboxylic acids is 1. The number of carbonyl (C=O) groups is 2. The maximum atomic E-state index is 12.1. The maximum absolute atomic E-state index is 12.1. The van der Waals surface area contributed by atoms with E-state index >= 15 is 0 Å². The summed E-state index contributed by atoms with van der Waals surface area (Å²) in [6, 6.07) is -0.386. The van der Waals surface area contributed by atoms with E-state index < -0.39 is 17.6 Å². The number of nitrogens with zero attached hydrogens (tertiary/aromatic N) is 1. The Hall–Kier alpha value is -1.30. The van der Waals surface area contributed by atoms with Gasteiger partial charge >= 0.3 is 12.0 Å². The zero-order chi connectivity index (χ0) is 14.2. The topological polar surface area (TPSA) is 89.9 Å². The van der Waals surface area contributed by atoms with Gasteiger partial charge in [-0.15, -0.1) is 0 Å². The number of carbonyl (C=O) groups excluding carboxylic acids is 1. The molecule has 1 aliphatic carbocycles. The average molecular weight is 270 g/mol. The first-order valence-corrected chi connectivity index (χ1v) is 6.83. The molecular weight excluding hydrogens is 248 g/mol. The van der Waals surface area contributed by atoms with Crippen LogP contribution in [0.25, 0.3) is 0 Å². The molecule has 108 valence electrons. The van der Waals surface area contributed by atoms with Gasteiger partial charge in [0.05, 0.1) is 6.10 Å². The van der Waals surface area contributed by atoms with Crippen LogP contribution in [0.1, 0.15) is 33.1 Å². The molecule has 19 heavy (non-hydrogen) atoms. The molecule has 0 radical (unpaired) electrons. The Kier molecular flexibility index (Phi) is 3.71. The number of likely N-dealkylation sites (tertiary alicyclic amines) is 1. The number of rotatable bonds is 3. The Morgan fingerprint density at radius 1 is 1.32 bits per heavy atom. The number of amides is 2. The van der Waals surface area contributed by atoms with E-state index in [-0.39, 0.29) is 24.4 Å². The molecule has 0 aromatic heterocycles. The molecule has 0 spiro atoms. The van der Waals surface area contributed by atoms with Gasteiger partial charge in [0.1, 0.15) is 5.54 Å². The van der Waals surface area contributed by atoms with Crippen LogP contribution in [0, 0.1) is 11.8 Å². The van der Waals surface area contributed by atoms with E-state index in [1.807, 2.05) is 6.92 Å². The molecule has 2 amide bonds. The Morgan fingerprint density at radius 3 is 2.42 bits per heavy atom. The normalized spacial score (nSPS) is 30.6. The molecule has 1 heterocycles. The summed E-state index contributed by atoms with van der Waals surface area (Å²) in [7, 11) is 0. The summed E-state index contributed by atoms with van der Waals surface area (Å²) >= 11 is 0. The number of carboxylic acid groups (broad SMARTS) is 1. The van der Waals surface area contributed by atoms with E-state index in [0.717, 1.165) is 19.3 Å². The Bertz CT molecular complexity index is 383. The van der Waals surface area contributed by atoms with Crippen molar-refractivity contribution in [3.63, 3.8) is 0 Å². The van der Waals surface area contributed by atoms with Crippen LogP contribution in [0.4, 0.5) is 4.79 Å². The minimum Gasteiger partial charge on any atom is -0.480 e. The van der Waals surface area contributed by atoms with Crippen LogP contribution >= 0.6 is 0 Å². The van der Waals surface area contributed by atoms with Crippen molar-refractivity contribution < 1.29 is 19.8 Å². The van der Waals surface area contributed by atoms with Crippen LogP contribution in [-0.2, 0) is 4.79 Å². The van der Waals surface area contributed by atoms with Crippen molar-refractivity contribution in [2.24, 2.45) is 11.8 Å². The van der Waals surface area contributed by atoms with Crippen LogP contribution in [-0.4, -0.2) is 51.8 Å². The van der Waals surface area contributed by atoms with Crippen molar-refractivity contribution in [3.05, 3.63) is 0 Å². The lowest BCUT2D eigenvalue weighted by atomic mass is 9.95. The van der Waals surface area contributed by atoms with Crippen LogP contribution in [0.15, 0.2) is 0 Å². The van der Waals surface area contributed by atoms with E-state index in [9.17, 15) is 19.8 Å². The third-order valence-electron chi connectivity index (χ3n) is 4.41. The van der Waals surface area contributed by atoms with Crippen LogP contribution in [0.2, 0.25) is 0 Å². The summed E-state index contributed by atoms with van der Waals surface area (Å²) in [5, 5.41) is 21.7. The van der Waals surface area contributed by atoms with Crippen molar-refractivity contribution in [2.45, 2.75) is 44.8 Å². The van der Waals surface area contributed by atoms with Gasteiger partial charge < -0.3 is 20.4 Å². The SMILES string of the molecule is CC1CCN(C(=O)NC(C)(C(=O)O)C2CC2)CC1O. The minimum atomic E-state index is -1.19. The van der Waals surface area contributed by atoms with Gasteiger partial charge in [0, 0.05) is 13.1 Å². The molecule has 6 nitrogen and oxygen atoms in total. The fraction of sp³-hybridized carbons (Fsp3) is 0.846. The minimum absolute atomic E-state index is 0.0163. The van der Waals surface area contributed by atoms with Gasteiger partial charge in [-0.05, 0) is 38.0 Å². The number of nitrogens with one attached hydrogen (secondary N) is 1. The summed E-state index contributed by atoms with van der Waals surface area (Å²) in [6.07, 6.45) is 1.88. The Balaban J connectivity index is 1.98. The van der Waals surface area contributed by atoms with Gasteiger partial charge in [-0.2, -0.15) is 0 Å². The molecule has 2 fully saturated rings. The number of hydrogen-bond acceptors (Lipinski definition) is 3. The first kappa shape index (κ1) is 14.1. The lowest BCUT2D eigenvalue weighted by molar-refractivity contribution is -0.144.